The molecule has 0 radical (unpaired) electrons. The molecule has 5 rings (SSSR count). The third-order valence-corrected chi connectivity index (χ3v) is 7.93. The van der Waals surface area contributed by atoms with Crippen LogP contribution in [0.5, 0.6) is 5.75 Å². The maximum Gasteiger partial charge on any atom is 0.255 e. The van der Waals surface area contributed by atoms with Gasteiger partial charge >= 0.3 is 0 Å². The number of rotatable bonds is 10. The summed E-state index contributed by atoms with van der Waals surface area (Å²) in [5, 5.41) is 11.8. The highest BCUT2D eigenvalue weighted by Gasteiger charge is 2.22. The van der Waals surface area contributed by atoms with Gasteiger partial charge in [0.15, 0.2) is 0 Å². The van der Waals surface area contributed by atoms with E-state index in [1.54, 1.807) is 24.2 Å². The number of nitrogens with zero attached hydrogens (tertiary/aromatic N) is 5. The lowest BCUT2D eigenvalue weighted by Gasteiger charge is -2.26. The molecule has 0 bridgehead atoms. The van der Waals surface area contributed by atoms with Crippen molar-refractivity contribution in [3.63, 3.8) is 0 Å². The van der Waals surface area contributed by atoms with Crippen molar-refractivity contribution in [1.29, 1.82) is 0 Å². The maximum absolute atomic E-state index is 13.7. The van der Waals surface area contributed by atoms with Crippen molar-refractivity contribution in [2.45, 2.75) is 52.4 Å². The highest BCUT2D eigenvalue weighted by molar-refractivity contribution is 6.05. The number of ether oxygens (including phenoxy) is 2. The molecule has 9 heteroatoms. The molecule has 2 aromatic carbocycles. The van der Waals surface area contributed by atoms with E-state index in [0.717, 1.165) is 85.8 Å². The number of carbonyl (C=O) groups is 1. The number of hydrogen-bond acceptors (Lipinski definition) is 7. The Bertz CT molecular complexity index is 1540. The van der Waals surface area contributed by atoms with Gasteiger partial charge in [-0.3, -0.25) is 14.7 Å². The van der Waals surface area contributed by atoms with Crippen molar-refractivity contribution in [3.8, 4) is 22.7 Å². The molecule has 0 unspecified atom stereocenters. The van der Waals surface area contributed by atoms with E-state index in [1.165, 1.54) is 0 Å². The van der Waals surface area contributed by atoms with E-state index >= 15 is 0 Å². The second-order valence-electron chi connectivity index (χ2n) is 12.1. The fourth-order valence-electron chi connectivity index (χ4n) is 5.34. The summed E-state index contributed by atoms with van der Waals surface area (Å²) in [7, 11) is 1.67. The Morgan fingerprint density at radius 1 is 1.09 bits per heavy atom. The molecule has 0 saturated carbocycles. The highest BCUT2D eigenvalue weighted by atomic mass is 16.5. The van der Waals surface area contributed by atoms with Gasteiger partial charge in [0.1, 0.15) is 11.4 Å². The van der Waals surface area contributed by atoms with Crippen LogP contribution in [0.25, 0.3) is 16.9 Å². The van der Waals surface area contributed by atoms with Crippen molar-refractivity contribution >= 4 is 11.6 Å². The van der Waals surface area contributed by atoms with Crippen molar-refractivity contribution in [1.82, 2.24) is 24.9 Å². The summed E-state index contributed by atoms with van der Waals surface area (Å²) in [6, 6.07) is 13.7. The fourth-order valence-corrected chi connectivity index (χ4v) is 5.34. The summed E-state index contributed by atoms with van der Waals surface area (Å²) in [6.07, 6.45) is 8.34. The number of morpholine rings is 1. The van der Waals surface area contributed by atoms with E-state index in [9.17, 15) is 4.79 Å². The molecule has 1 fully saturated rings. The summed E-state index contributed by atoms with van der Waals surface area (Å²) in [5.74, 6) is 0.508. The lowest BCUT2D eigenvalue weighted by atomic mass is 9.85. The zero-order valence-electron chi connectivity index (χ0n) is 25.9. The maximum atomic E-state index is 13.7. The van der Waals surface area contributed by atoms with Crippen molar-refractivity contribution in [2.24, 2.45) is 0 Å². The summed E-state index contributed by atoms with van der Waals surface area (Å²) in [5.41, 5.74) is 6.73. The molecule has 1 N–H and O–H groups in total. The molecule has 1 amide bonds. The van der Waals surface area contributed by atoms with Crippen LogP contribution < -0.4 is 10.1 Å². The van der Waals surface area contributed by atoms with Crippen LogP contribution in [-0.4, -0.2) is 70.7 Å². The number of amides is 1. The van der Waals surface area contributed by atoms with Crippen molar-refractivity contribution < 1.29 is 14.3 Å². The third-order valence-electron chi connectivity index (χ3n) is 7.93. The smallest absolute Gasteiger partial charge is 0.255 e. The number of anilines is 1. The molecule has 0 atom stereocenters. The number of aryl methyl sites for hydroxylation is 2. The van der Waals surface area contributed by atoms with Gasteiger partial charge in [0.25, 0.3) is 5.91 Å². The van der Waals surface area contributed by atoms with Crippen LogP contribution in [0.15, 0.2) is 61.1 Å². The summed E-state index contributed by atoms with van der Waals surface area (Å²) >= 11 is 0. The number of nitrogens with one attached hydrogen (secondary N) is 1. The van der Waals surface area contributed by atoms with Crippen LogP contribution in [0.4, 0.5) is 5.69 Å². The van der Waals surface area contributed by atoms with E-state index in [0.29, 0.717) is 16.9 Å². The van der Waals surface area contributed by atoms with E-state index in [2.05, 4.69) is 52.4 Å². The predicted molar refractivity (Wildman–Crippen MR) is 169 cm³/mol. The number of benzene rings is 2. The number of carbonyl (C=O) groups excluding carboxylic acids is 1. The van der Waals surface area contributed by atoms with Crippen LogP contribution in [0.2, 0.25) is 0 Å². The Kier molecular flexibility index (Phi) is 9.52. The van der Waals surface area contributed by atoms with Gasteiger partial charge < -0.3 is 14.8 Å². The summed E-state index contributed by atoms with van der Waals surface area (Å²) in [6.45, 7) is 13.3. The second-order valence-corrected chi connectivity index (χ2v) is 12.1. The van der Waals surface area contributed by atoms with Gasteiger partial charge in [-0.25, -0.2) is 4.68 Å². The standard InChI is InChI=1S/C34H42N6O3/c1-24-11-12-26(20-31(24)40-23-30(37-38-40)27-10-8-13-35-22-27)33(41)36-29-21-28(34(2,3)4)19-25(32(29)42-5)9-6-7-14-39-15-17-43-18-16-39/h8,10-13,19-23H,6-7,9,14-18H2,1-5H3,(H,36,41). The van der Waals surface area contributed by atoms with Gasteiger partial charge in [0.05, 0.1) is 37.9 Å². The molecule has 43 heavy (non-hydrogen) atoms. The second kappa shape index (κ2) is 13.5. The minimum absolute atomic E-state index is 0.0929. The minimum Gasteiger partial charge on any atom is -0.494 e. The summed E-state index contributed by atoms with van der Waals surface area (Å²) in [4.78, 5) is 20.3. The van der Waals surface area contributed by atoms with E-state index in [1.807, 2.05) is 49.5 Å². The predicted octanol–water partition coefficient (Wildman–Crippen LogP) is 5.85. The number of aromatic nitrogens is 4. The first kappa shape index (κ1) is 30.4. The van der Waals surface area contributed by atoms with Crippen LogP contribution in [-0.2, 0) is 16.6 Å². The topological polar surface area (TPSA) is 94.4 Å². The number of methoxy groups -OCH3 is 1. The highest BCUT2D eigenvalue weighted by Crippen LogP contribution is 2.36. The van der Waals surface area contributed by atoms with Crippen LogP contribution in [0, 0.1) is 6.92 Å². The van der Waals surface area contributed by atoms with Gasteiger partial charge in [0.2, 0.25) is 0 Å². The van der Waals surface area contributed by atoms with Crippen molar-refractivity contribution in [3.05, 3.63) is 83.3 Å². The molecule has 9 nitrogen and oxygen atoms in total. The molecule has 0 aliphatic carbocycles. The van der Waals surface area contributed by atoms with Gasteiger partial charge in [-0.05, 0) is 85.2 Å². The minimum atomic E-state index is -0.212. The Hall–Kier alpha value is -4.08. The monoisotopic (exact) mass is 582 g/mol. The summed E-state index contributed by atoms with van der Waals surface area (Å²) < 4.78 is 13.1. The Morgan fingerprint density at radius 2 is 1.91 bits per heavy atom. The molecule has 1 aliphatic rings. The molecule has 1 aliphatic heterocycles. The average Bonchev–Trinajstić information content (AvgIpc) is 3.50. The molecule has 0 spiro atoms. The number of pyridine rings is 1. The first-order chi connectivity index (χ1) is 20.7. The zero-order valence-corrected chi connectivity index (χ0v) is 25.9. The molecule has 226 valence electrons. The molecular weight excluding hydrogens is 540 g/mol. The van der Waals surface area contributed by atoms with Crippen LogP contribution in [0.3, 0.4) is 0 Å². The van der Waals surface area contributed by atoms with E-state index in [4.69, 9.17) is 9.47 Å². The zero-order chi connectivity index (χ0) is 30.4. The van der Waals surface area contributed by atoms with Crippen LogP contribution >= 0.6 is 0 Å². The number of unbranched alkanes of at least 4 members (excludes halogenated alkanes) is 1. The molecule has 2 aromatic heterocycles. The quantitative estimate of drug-likeness (QED) is 0.234. The first-order valence-corrected chi connectivity index (χ1v) is 15.0. The van der Waals surface area contributed by atoms with Crippen LogP contribution in [0.1, 0.15) is 60.7 Å². The van der Waals surface area contributed by atoms with Gasteiger partial charge in [-0.2, -0.15) is 0 Å². The van der Waals surface area contributed by atoms with Gasteiger partial charge in [-0.1, -0.05) is 38.1 Å². The van der Waals surface area contributed by atoms with Gasteiger partial charge in [-0.15, -0.1) is 5.10 Å². The van der Waals surface area contributed by atoms with E-state index < -0.39 is 0 Å². The van der Waals surface area contributed by atoms with Gasteiger partial charge in [0, 0.05) is 36.6 Å². The Morgan fingerprint density at radius 3 is 2.63 bits per heavy atom. The molecule has 4 aromatic rings. The Balaban J connectivity index is 1.36. The lowest BCUT2D eigenvalue weighted by molar-refractivity contribution is 0.0372. The molecule has 1 saturated heterocycles. The molecule has 3 heterocycles. The number of hydrogen-bond donors (Lipinski definition) is 1. The third kappa shape index (κ3) is 7.47. The largest absolute Gasteiger partial charge is 0.494 e. The average molecular weight is 583 g/mol. The van der Waals surface area contributed by atoms with E-state index in [-0.39, 0.29) is 11.3 Å². The SMILES string of the molecule is COc1c(CCCCN2CCOCC2)cc(C(C)(C)C)cc1NC(=O)c1ccc(C)c(-n2cc(-c3cccnc3)nn2)c1. The van der Waals surface area contributed by atoms with Crippen molar-refractivity contribution in [2.75, 3.05) is 45.3 Å². The first-order valence-electron chi connectivity index (χ1n) is 15.0. The molecular formula is C34H42N6O3. The lowest BCUT2D eigenvalue weighted by Crippen LogP contribution is -2.36. The normalized spacial score (nSPS) is 14.1. The Labute approximate surface area is 254 Å². The fraction of sp³-hybridized carbons (Fsp3) is 0.412.